The van der Waals surface area contributed by atoms with Gasteiger partial charge in [-0.2, -0.15) is 0 Å². The van der Waals surface area contributed by atoms with Crippen LogP contribution in [0.5, 0.6) is 0 Å². The third kappa shape index (κ3) is 3.83. The second kappa shape index (κ2) is 6.48. The molecule has 4 nitrogen and oxygen atoms in total. The Kier molecular flexibility index (Phi) is 4.99. The van der Waals surface area contributed by atoms with Crippen LogP contribution in [0.15, 0.2) is 18.2 Å². The number of aryl methyl sites for hydroxylation is 1. The maximum Gasteiger partial charge on any atom is 0.312 e. The van der Waals surface area contributed by atoms with Crippen LogP contribution in [0.4, 0.5) is 9.18 Å². The maximum absolute atomic E-state index is 13.9. The molecule has 1 fully saturated rings. The molecule has 1 aliphatic carbocycles. The van der Waals surface area contributed by atoms with E-state index in [2.05, 4.69) is 37.3 Å². The Hall–Kier alpha value is -1.62. The zero-order valence-electron chi connectivity index (χ0n) is 14.6. The van der Waals surface area contributed by atoms with Gasteiger partial charge in [-0.3, -0.25) is 4.90 Å². The fraction of sp³-hybridized carbons (Fsp3) is 0.611. The number of nitrogens with two attached hydrogens (primary N) is 1. The minimum Gasteiger partial charge on any atom is -0.352 e. The lowest BCUT2D eigenvalue weighted by Gasteiger charge is -2.49. The average Bonchev–Trinajstić information content (AvgIpc) is 2.45. The lowest BCUT2D eigenvalue weighted by molar-refractivity contribution is 0.0434. The summed E-state index contributed by atoms with van der Waals surface area (Å²) >= 11 is 0. The van der Waals surface area contributed by atoms with Crippen molar-refractivity contribution in [2.75, 3.05) is 20.6 Å². The molecule has 1 aliphatic rings. The molecule has 128 valence electrons. The second-order valence-electron chi connectivity index (χ2n) is 7.47. The number of hydrogen-bond acceptors (Lipinski definition) is 2. The first kappa shape index (κ1) is 17.7. The molecule has 0 radical (unpaired) electrons. The minimum atomic E-state index is -0.476. The number of benzene rings is 1. The lowest BCUT2D eigenvalue weighted by atomic mass is 9.65. The third-order valence-corrected chi connectivity index (χ3v) is 5.41. The van der Waals surface area contributed by atoms with Gasteiger partial charge in [-0.05, 0) is 75.4 Å². The Morgan fingerprint density at radius 2 is 1.87 bits per heavy atom. The standard InChI is InChI=1S/C18H28FN3O/c1-13-9-14(11-15(19)10-13)18(22(3)4)7-5-17(2,6-8-18)12-21-16(20)23/h9-11H,5-8,12H2,1-4H3,(H3,20,21,23)/t17-,18-. The predicted octanol–water partition coefficient (Wildman–Crippen LogP) is 3.14. The Morgan fingerprint density at radius 3 is 2.35 bits per heavy atom. The molecule has 1 aromatic rings. The molecule has 23 heavy (non-hydrogen) atoms. The smallest absolute Gasteiger partial charge is 0.312 e. The third-order valence-electron chi connectivity index (χ3n) is 5.41. The van der Waals surface area contributed by atoms with Crippen LogP contribution in [-0.2, 0) is 5.54 Å². The van der Waals surface area contributed by atoms with Crippen LogP contribution >= 0.6 is 0 Å². The Morgan fingerprint density at radius 1 is 1.26 bits per heavy atom. The summed E-state index contributed by atoms with van der Waals surface area (Å²) in [6.07, 6.45) is 3.78. The van der Waals surface area contributed by atoms with Crippen molar-refractivity contribution in [3.05, 3.63) is 35.1 Å². The fourth-order valence-electron chi connectivity index (χ4n) is 3.74. The van der Waals surface area contributed by atoms with E-state index in [-0.39, 0.29) is 16.8 Å². The predicted molar refractivity (Wildman–Crippen MR) is 90.7 cm³/mol. The zero-order valence-corrected chi connectivity index (χ0v) is 14.6. The molecule has 0 heterocycles. The highest BCUT2D eigenvalue weighted by molar-refractivity contribution is 5.71. The van der Waals surface area contributed by atoms with Crippen LogP contribution < -0.4 is 11.1 Å². The number of urea groups is 1. The van der Waals surface area contributed by atoms with Crippen molar-refractivity contribution < 1.29 is 9.18 Å². The zero-order chi connectivity index (χ0) is 17.3. The van der Waals surface area contributed by atoms with E-state index in [0.717, 1.165) is 36.8 Å². The van der Waals surface area contributed by atoms with E-state index in [1.165, 1.54) is 0 Å². The van der Waals surface area contributed by atoms with Gasteiger partial charge in [0, 0.05) is 12.1 Å². The van der Waals surface area contributed by atoms with Gasteiger partial charge in [0.25, 0.3) is 0 Å². The molecule has 0 atom stereocenters. The van der Waals surface area contributed by atoms with Crippen molar-refractivity contribution in [1.29, 1.82) is 0 Å². The van der Waals surface area contributed by atoms with E-state index < -0.39 is 6.03 Å². The van der Waals surface area contributed by atoms with Gasteiger partial charge in [0.15, 0.2) is 0 Å². The molecule has 1 saturated carbocycles. The Bertz CT molecular complexity index is 557. The maximum atomic E-state index is 13.9. The molecule has 0 unspecified atom stereocenters. The number of carbonyl (C=O) groups is 1. The molecule has 2 amide bonds. The van der Waals surface area contributed by atoms with E-state index in [1.54, 1.807) is 12.1 Å². The number of halogens is 1. The molecule has 5 heteroatoms. The molecule has 0 aliphatic heterocycles. The van der Waals surface area contributed by atoms with Crippen LogP contribution in [0.2, 0.25) is 0 Å². The Labute approximate surface area is 138 Å². The van der Waals surface area contributed by atoms with Gasteiger partial charge < -0.3 is 11.1 Å². The van der Waals surface area contributed by atoms with E-state index >= 15 is 0 Å². The highest BCUT2D eigenvalue weighted by Gasteiger charge is 2.43. The van der Waals surface area contributed by atoms with Crippen LogP contribution in [0.1, 0.15) is 43.7 Å². The van der Waals surface area contributed by atoms with E-state index in [9.17, 15) is 9.18 Å². The van der Waals surface area contributed by atoms with Gasteiger partial charge in [-0.1, -0.05) is 13.0 Å². The Balaban J connectivity index is 2.23. The highest BCUT2D eigenvalue weighted by atomic mass is 19.1. The summed E-state index contributed by atoms with van der Waals surface area (Å²) < 4.78 is 13.9. The fourth-order valence-corrected chi connectivity index (χ4v) is 3.74. The van der Waals surface area contributed by atoms with Crippen molar-refractivity contribution in [1.82, 2.24) is 10.2 Å². The number of nitrogens with one attached hydrogen (secondary N) is 1. The van der Waals surface area contributed by atoms with Crippen molar-refractivity contribution in [2.24, 2.45) is 11.1 Å². The minimum absolute atomic E-state index is 0.0386. The molecule has 0 saturated heterocycles. The van der Waals surface area contributed by atoms with Crippen LogP contribution in [-0.4, -0.2) is 31.6 Å². The molecule has 1 aromatic carbocycles. The quantitative estimate of drug-likeness (QED) is 0.895. The van der Waals surface area contributed by atoms with Gasteiger partial charge in [0.1, 0.15) is 5.82 Å². The highest BCUT2D eigenvalue weighted by Crippen LogP contribution is 2.48. The molecular formula is C18H28FN3O. The molecule has 3 N–H and O–H groups in total. The largest absolute Gasteiger partial charge is 0.352 e. The summed E-state index contributed by atoms with van der Waals surface area (Å²) in [7, 11) is 4.12. The summed E-state index contributed by atoms with van der Waals surface area (Å²) in [4.78, 5) is 13.2. The molecule has 0 bridgehead atoms. The lowest BCUT2D eigenvalue weighted by Crippen LogP contribution is -2.49. The first-order valence-electron chi connectivity index (χ1n) is 8.15. The summed E-state index contributed by atoms with van der Waals surface area (Å²) in [6.45, 7) is 4.70. The first-order valence-corrected chi connectivity index (χ1v) is 8.15. The number of nitrogens with zero attached hydrogens (tertiary/aromatic N) is 1. The van der Waals surface area contributed by atoms with Crippen molar-refractivity contribution in [3.63, 3.8) is 0 Å². The molecule has 0 spiro atoms. The van der Waals surface area contributed by atoms with Gasteiger partial charge in [-0.25, -0.2) is 9.18 Å². The van der Waals surface area contributed by atoms with Crippen LogP contribution in [0.3, 0.4) is 0 Å². The van der Waals surface area contributed by atoms with E-state index in [1.807, 2.05) is 6.92 Å². The van der Waals surface area contributed by atoms with Gasteiger partial charge in [-0.15, -0.1) is 0 Å². The number of primary amides is 1. The van der Waals surface area contributed by atoms with Crippen LogP contribution in [0, 0.1) is 18.2 Å². The monoisotopic (exact) mass is 321 g/mol. The van der Waals surface area contributed by atoms with Gasteiger partial charge in [0.05, 0.1) is 0 Å². The molecule has 0 aromatic heterocycles. The second-order valence-corrected chi connectivity index (χ2v) is 7.47. The van der Waals surface area contributed by atoms with E-state index in [0.29, 0.717) is 6.54 Å². The topological polar surface area (TPSA) is 58.4 Å². The van der Waals surface area contributed by atoms with Crippen molar-refractivity contribution in [3.8, 4) is 0 Å². The summed E-state index contributed by atoms with van der Waals surface area (Å²) in [5.74, 6) is -0.176. The SMILES string of the molecule is Cc1cc(F)cc([C@]2(N(C)C)CC[C@](C)(CNC(N)=O)CC2)c1. The summed E-state index contributed by atoms with van der Waals surface area (Å²) in [5, 5.41) is 2.74. The number of hydrogen-bond donors (Lipinski definition) is 2. The van der Waals surface area contributed by atoms with Crippen LogP contribution in [0.25, 0.3) is 0 Å². The van der Waals surface area contributed by atoms with Crippen molar-refractivity contribution >= 4 is 6.03 Å². The molecular weight excluding hydrogens is 293 g/mol. The van der Waals surface area contributed by atoms with E-state index in [4.69, 9.17) is 5.73 Å². The number of carbonyl (C=O) groups excluding carboxylic acids is 1. The molecule has 2 rings (SSSR count). The summed E-state index contributed by atoms with van der Waals surface area (Å²) in [5.41, 5.74) is 7.07. The normalized spacial score (nSPS) is 27.9. The van der Waals surface area contributed by atoms with Crippen molar-refractivity contribution in [2.45, 2.75) is 45.1 Å². The number of amides is 2. The van der Waals surface area contributed by atoms with Gasteiger partial charge >= 0.3 is 6.03 Å². The number of rotatable bonds is 4. The van der Waals surface area contributed by atoms with Gasteiger partial charge in [0.2, 0.25) is 0 Å². The summed E-state index contributed by atoms with van der Waals surface area (Å²) in [6, 6.07) is 4.85. The average molecular weight is 321 g/mol. The first-order chi connectivity index (χ1) is 10.7.